The van der Waals surface area contributed by atoms with Crippen LogP contribution < -0.4 is 4.90 Å². The molecule has 7 atom stereocenters. The summed E-state index contributed by atoms with van der Waals surface area (Å²) in [5, 5.41) is 0.245. The van der Waals surface area contributed by atoms with Crippen LogP contribution in [0.3, 0.4) is 0 Å². The fourth-order valence-electron chi connectivity index (χ4n) is 8.27. The third kappa shape index (κ3) is 4.34. The maximum Gasteiger partial charge on any atom is 0.192 e. The fourth-order valence-corrected chi connectivity index (χ4v) is 9.72. The lowest BCUT2D eigenvalue weighted by Crippen LogP contribution is -2.53. The van der Waals surface area contributed by atoms with E-state index in [2.05, 4.69) is 90.1 Å². The average Bonchev–Trinajstić information content (AvgIpc) is 3.13. The van der Waals surface area contributed by atoms with Crippen LogP contribution in [-0.2, 0) is 9.22 Å². The second-order valence-electron chi connectivity index (χ2n) is 14.5. The van der Waals surface area contributed by atoms with Gasteiger partial charge in [0.25, 0.3) is 0 Å². The third-order valence-corrected chi connectivity index (χ3v) is 15.8. The van der Waals surface area contributed by atoms with Crippen molar-refractivity contribution >= 4 is 19.8 Å². The molecule has 1 aromatic carbocycles. The first-order valence-corrected chi connectivity index (χ1v) is 17.4. The maximum atomic E-state index is 12.4. The number of ketones is 1. The quantitative estimate of drug-likeness (QED) is 0.387. The van der Waals surface area contributed by atoms with Crippen LogP contribution >= 0.6 is 0 Å². The van der Waals surface area contributed by atoms with Crippen molar-refractivity contribution < 1.29 is 9.22 Å². The monoisotopic (exact) mass is 507 g/mol. The molecule has 3 nitrogen and oxygen atoms in total. The van der Waals surface area contributed by atoms with Gasteiger partial charge in [-0.15, -0.1) is 0 Å². The minimum absolute atomic E-state index is 0.245. The van der Waals surface area contributed by atoms with Gasteiger partial charge in [-0.2, -0.15) is 0 Å². The van der Waals surface area contributed by atoms with E-state index in [9.17, 15) is 4.79 Å². The van der Waals surface area contributed by atoms with Crippen LogP contribution in [0.15, 0.2) is 35.9 Å². The highest BCUT2D eigenvalue weighted by Gasteiger charge is 2.60. The Hall–Kier alpha value is -1.39. The van der Waals surface area contributed by atoms with Gasteiger partial charge < -0.3 is 9.33 Å². The zero-order valence-corrected chi connectivity index (χ0v) is 25.1. The molecule has 0 aromatic heterocycles. The second kappa shape index (κ2) is 9.12. The van der Waals surface area contributed by atoms with Crippen molar-refractivity contribution in [2.75, 3.05) is 19.0 Å². The molecule has 0 amide bonds. The molecule has 0 radical (unpaired) electrons. The first-order chi connectivity index (χ1) is 16.8. The second-order valence-corrected chi connectivity index (χ2v) is 19.2. The van der Waals surface area contributed by atoms with E-state index in [4.69, 9.17) is 4.43 Å². The Balaban J connectivity index is 1.50. The SMILES string of the molecule is CN(C)c1ccc([C@@H]2CC3=CC(=O)CC[C@@H]3[C@H]3CC[C@]4(C)[C@@H](O[Si](C)(C)C(C)(C)C)CC[C@H]4[C@@H]32)cc1. The molecule has 1 aromatic rings. The highest BCUT2D eigenvalue weighted by atomic mass is 28.4. The van der Waals surface area contributed by atoms with Gasteiger partial charge in [0.15, 0.2) is 14.1 Å². The van der Waals surface area contributed by atoms with E-state index >= 15 is 0 Å². The van der Waals surface area contributed by atoms with E-state index in [-0.39, 0.29) is 10.5 Å². The summed E-state index contributed by atoms with van der Waals surface area (Å²) >= 11 is 0. The van der Waals surface area contributed by atoms with Crippen LogP contribution in [0.1, 0.15) is 84.1 Å². The first kappa shape index (κ1) is 26.2. The van der Waals surface area contributed by atoms with Gasteiger partial charge >= 0.3 is 0 Å². The van der Waals surface area contributed by atoms with Crippen molar-refractivity contribution in [1.82, 2.24) is 0 Å². The Morgan fingerprint density at radius 2 is 1.69 bits per heavy atom. The van der Waals surface area contributed by atoms with Crippen LogP contribution in [0.2, 0.25) is 18.1 Å². The normalized spacial score (nSPS) is 36.6. The summed E-state index contributed by atoms with van der Waals surface area (Å²) in [7, 11) is 2.41. The van der Waals surface area contributed by atoms with E-state index in [1.807, 2.05) is 0 Å². The predicted molar refractivity (Wildman–Crippen MR) is 153 cm³/mol. The molecule has 4 aliphatic rings. The van der Waals surface area contributed by atoms with Gasteiger partial charge in [-0.1, -0.05) is 45.4 Å². The maximum absolute atomic E-state index is 12.4. The number of carbonyl (C=O) groups is 1. The molecular formula is C32H49NO2Si. The number of benzene rings is 1. The van der Waals surface area contributed by atoms with Gasteiger partial charge in [0.1, 0.15) is 0 Å². The van der Waals surface area contributed by atoms with E-state index < -0.39 is 8.32 Å². The molecule has 3 saturated carbocycles. The van der Waals surface area contributed by atoms with Crippen LogP contribution in [0.5, 0.6) is 0 Å². The highest BCUT2D eigenvalue weighted by Crippen LogP contribution is 2.66. The van der Waals surface area contributed by atoms with Crippen molar-refractivity contribution in [3.05, 3.63) is 41.5 Å². The third-order valence-electron chi connectivity index (χ3n) is 11.3. The van der Waals surface area contributed by atoms with Crippen molar-refractivity contribution in [3.63, 3.8) is 0 Å². The Labute approximate surface area is 221 Å². The summed E-state index contributed by atoms with van der Waals surface area (Å²) in [6.07, 6.45) is 10.4. The predicted octanol–water partition coefficient (Wildman–Crippen LogP) is 7.98. The molecular weight excluding hydrogens is 458 g/mol. The molecule has 3 fully saturated rings. The van der Waals surface area contributed by atoms with Gasteiger partial charge in [-0.25, -0.2) is 0 Å². The largest absolute Gasteiger partial charge is 0.413 e. The topological polar surface area (TPSA) is 29.5 Å². The Bertz CT molecular complexity index is 1020. The minimum Gasteiger partial charge on any atom is -0.413 e. The van der Waals surface area contributed by atoms with Crippen LogP contribution in [0.25, 0.3) is 0 Å². The summed E-state index contributed by atoms with van der Waals surface area (Å²) in [5.41, 5.74) is 4.47. The molecule has 36 heavy (non-hydrogen) atoms. The van der Waals surface area contributed by atoms with Gasteiger partial charge in [0.05, 0.1) is 6.10 Å². The number of anilines is 1. The average molecular weight is 508 g/mol. The molecule has 0 unspecified atom stereocenters. The lowest BCUT2D eigenvalue weighted by atomic mass is 9.48. The van der Waals surface area contributed by atoms with Crippen LogP contribution in [0.4, 0.5) is 5.69 Å². The van der Waals surface area contributed by atoms with Crippen LogP contribution in [-0.4, -0.2) is 34.3 Å². The number of nitrogens with zero attached hydrogens (tertiary/aromatic N) is 1. The first-order valence-electron chi connectivity index (χ1n) is 14.5. The molecule has 198 valence electrons. The highest BCUT2D eigenvalue weighted by molar-refractivity contribution is 6.74. The van der Waals surface area contributed by atoms with E-state index in [0.717, 1.165) is 19.3 Å². The molecule has 0 aliphatic heterocycles. The minimum atomic E-state index is -1.82. The molecule has 4 heteroatoms. The Morgan fingerprint density at radius 1 is 1.00 bits per heavy atom. The Morgan fingerprint density at radius 3 is 2.33 bits per heavy atom. The van der Waals surface area contributed by atoms with Gasteiger partial charge in [-0.05, 0) is 115 Å². The molecule has 4 aliphatic carbocycles. The number of hydrogen-bond acceptors (Lipinski definition) is 3. The van der Waals surface area contributed by atoms with Gasteiger partial charge in [-0.3, -0.25) is 4.79 Å². The number of hydrogen-bond donors (Lipinski definition) is 0. The number of rotatable bonds is 4. The van der Waals surface area contributed by atoms with Crippen molar-refractivity contribution in [3.8, 4) is 0 Å². The summed E-state index contributed by atoms with van der Waals surface area (Å²) < 4.78 is 7.20. The van der Waals surface area contributed by atoms with Crippen LogP contribution in [0, 0.1) is 29.1 Å². The lowest BCUT2D eigenvalue weighted by Gasteiger charge is -2.57. The molecule has 0 saturated heterocycles. The zero-order chi connectivity index (χ0) is 26.0. The standard InChI is InChI=1S/C32H49NO2Si/c1-31(2,3)36(7,8)35-29-16-15-28-30-26(17-18-32(28,29)4)25-14-13-24(34)19-22(25)20-27(30)21-9-11-23(12-10-21)33(5)6/h9-12,19,25-30H,13-18,20H2,1-8H3/t25-,26+,27-,28-,29-,30-,32-/m0/s1. The van der Waals surface area contributed by atoms with Crippen molar-refractivity contribution in [1.29, 1.82) is 0 Å². The molecule has 5 rings (SSSR count). The molecule has 0 bridgehead atoms. The molecule has 0 N–H and O–H groups in total. The van der Waals surface area contributed by atoms with Crippen molar-refractivity contribution in [2.24, 2.45) is 29.1 Å². The van der Waals surface area contributed by atoms with E-state index in [1.54, 1.807) is 0 Å². The number of allylic oxidation sites excluding steroid dienone is 1. The number of fused-ring (bicyclic) bond motifs is 5. The van der Waals surface area contributed by atoms with Crippen molar-refractivity contribution in [2.45, 2.75) is 103 Å². The Kier molecular flexibility index (Phi) is 6.64. The summed E-state index contributed by atoms with van der Waals surface area (Å²) in [4.78, 5) is 14.6. The zero-order valence-electron chi connectivity index (χ0n) is 24.1. The van der Waals surface area contributed by atoms with Gasteiger partial charge in [0, 0.05) is 26.2 Å². The number of carbonyl (C=O) groups excluding carboxylic acids is 1. The summed E-state index contributed by atoms with van der Waals surface area (Å²) in [5.74, 6) is 3.60. The summed E-state index contributed by atoms with van der Waals surface area (Å²) in [6.45, 7) is 14.6. The molecule has 0 heterocycles. The molecule has 0 spiro atoms. The summed E-state index contributed by atoms with van der Waals surface area (Å²) in [6, 6.07) is 9.34. The fraction of sp³-hybridized carbons (Fsp3) is 0.719. The van der Waals surface area contributed by atoms with E-state index in [1.165, 1.54) is 42.5 Å². The lowest BCUT2D eigenvalue weighted by molar-refractivity contribution is -0.116. The smallest absolute Gasteiger partial charge is 0.192 e. The van der Waals surface area contributed by atoms with E-state index in [0.29, 0.717) is 41.5 Å². The van der Waals surface area contributed by atoms with Gasteiger partial charge in [0.2, 0.25) is 0 Å².